The van der Waals surface area contributed by atoms with Crippen molar-refractivity contribution in [1.29, 1.82) is 0 Å². The summed E-state index contributed by atoms with van der Waals surface area (Å²) in [4.78, 5) is 15.6. The molecule has 0 amide bonds. The van der Waals surface area contributed by atoms with Crippen molar-refractivity contribution >= 4 is 6.29 Å². The zero-order valence-electron chi connectivity index (χ0n) is 12.0. The second kappa shape index (κ2) is 5.58. The van der Waals surface area contributed by atoms with Gasteiger partial charge < -0.3 is 4.79 Å². The van der Waals surface area contributed by atoms with Crippen molar-refractivity contribution in [2.24, 2.45) is 5.41 Å². The highest BCUT2D eigenvalue weighted by Crippen LogP contribution is 2.47. The minimum atomic E-state index is -2.85. The molecule has 2 nitrogen and oxygen atoms in total. The lowest BCUT2D eigenvalue weighted by Crippen LogP contribution is -2.18. The molecule has 0 bridgehead atoms. The van der Waals surface area contributed by atoms with Crippen molar-refractivity contribution in [3.63, 3.8) is 0 Å². The fourth-order valence-electron chi connectivity index (χ4n) is 3.21. The molecule has 1 aromatic rings. The molecule has 110 valence electrons. The van der Waals surface area contributed by atoms with Crippen molar-refractivity contribution in [2.45, 2.75) is 57.8 Å². The van der Waals surface area contributed by atoms with Crippen molar-refractivity contribution in [3.8, 4) is 0 Å². The van der Waals surface area contributed by atoms with Gasteiger partial charge >= 0.3 is 0 Å². The van der Waals surface area contributed by atoms with Gasteiger partial charge in [-0.3, -0.25) is 4.98 Å². The van der Waals surface area contributed by atoms with Crippen LogP contribution in [0.25, 0.3) is 0 Å². The summed E-state index contributed by atoms with van der Waals surface area (Å²) in [7, 11) is 0. The summed E-state index contributed by atoms with van der Waals surface area (Å²) in [6.07, 6.45) is 6.81. The summed E-state index contributed by atoms with van der Waals surface area (Å²) in [6.45, 7) is 2.95. The van der Waals surface area contributed by atoms with E-state index in [-0.39, 0.29) is 16.9 Å². The normalized spacial score (nSPS) is 26.7. The monoisotopic (exact) mass is 281 g/mol. The molecule has 0 radical (unpaired) electrons. The van der Waals surface area contributed by atoms with Gasteiger partial charge in [-0.25, -0.2) is 8.78 Å². The highest BCUT2D eigenvalue weighted by atomic mass is 19.3. The highest BCUT2D eigenvalue weighted by molar-refractivity contribution is 5.60. The first kappa shape index (κ1) is 15.1. The van der Waals surface area contributed by atoms with E-state index in [2.05, 4.69) is 11.9 Å². The smallest absolute Gasteiger partial charge is 0.272 e. The summed E-state index contributed by atoms with van der Waals surface area (Å²) < 4.78 is 26.3. The molecule has 1 aliphatic rings. The van der Waals surface area contributed by atoms with Gasteiger partial charge in [-0.05, 0) is 37.8 Å². The topological polar surface area (TPSA) is 30.0 Å². The number of carbonyl (C=O) groups excluding carboxylic acids is 1. The van der Waals surface area contributed by atoms with Crippen LogP contribution >= 0.6 is 0 Å². The Bertz CT molecular complexity index is 466. The molecule has 4 heteroatoms. The quantitative estimate of drug-likeness (QED) is 0.746. The third kappa shape index (κ3) is 3.05. The van der Waals surface area contributed by atoms with Gasteiger partial charge in [0.2, 0.25) is 0 Å². The fraction of sp³-hybridized carbons (Fsp3) is 0.625. The van der Waals surface area contributed by atoms with Gasteiger partial charge in [0.1, 0.15) is 6.29 Å². The van der Waals surface area contributed by atoms with Crippen LogP contribution in [0.2, 0.25) is 0 Å². The summed E-state index contributed by atoms with van der Waals surface area (Å²) >= 11 is 0. The van der Waals surface area contributed by atoms with Crippen molar-refractivity contribution < 1.29 is 13.6 Å². The van der Waals surface area contributed by atoms with Gasteiger partial charge in [0.25, 0.3) is 5.92 Å². The van der Waals surface area contributed by atoms with E-state index in [1.165, 1.54) is 12.3 Å². The van der Waals surface area contributed by atoms with E-state index in [0.717, 1.165) is 51.0 Å². The number of aldehydes is 1. The molecule has 1 saturated carbocycles. The zero-order chi connectivity index (χ0) is 14.8. The van der Waals surface area contributed by atoms with Crippen LogP contribution in [-0.2, 0) is 10.7 Å². The molecule has 1 fully saturated rings. The van der Waals surface area contributed by atoms with E-state index >= 15 is 0 Å². The second-order valence-corrected chi connectivity index (χ2v) is 6.03. The minimum Gasteiger partial charge on any atom is -0.303 e. The van der Waals surface area contributed by atoms with Gasteiger partial charge in [0.15, 0.2) is 0 Å². The van der Waals surface area contributed by atoms with Crippen LogP contribution in [0.3, 0.4) is 0 Å². The summed E-state index contributed by atoms with van der Waals surface area (Å²) in [5, 5.41) is 0. The molecule has 1 aliphatic carbocycles. The number of halogens is 2. The van der Waals surface area contributed by atoms with E-state index in [4.69, 9.17) is 0 Å². The van der Waals surface area contributed by atoms with Gasteiger partial charge in [-0.1, -0.05) is 13.3 Å². The summed E-state index contributed by atoms with van der Waals surface area (Å²) in [5.41, 5.74) is 0.543. The number of carbonyl (C=O) groups is 1. The Morgan fingerprint density at radius 2 is 2.25 bits per heavy atom. The Labute approximate surface area is 118 Å². The maximum atomic E-state index is 13.2. The van der Waals surface area contributed by atoms with Crippen LogP contribution in [0.5, 0.6) is 0 Å². The maximum Gasteiger partial charge on any atom is 0.272 e. The number of rotatable bonds is 5. The average molecular weight is 281 g/mol. The fourth-order valence-corrected chi connectivity index (χ4v) is 3.21. The molecule has 0 spiro atoms. The first-order valence-electron chi connectivity index (χ1n) is 7.21. The van der Waals surface area contributed by atoms with Crippen LogP contribution in [0, 0.1) is 5.41 Å². The molecule has 2 atom stereocenters. The molecule has 2 unspecified atom stereocenters. The Kier molecular flexibility index (Phi) is 4.21. The van der Waals surface area contributed by atoms with Crippen LogP contribution in [-0.4, -0.2) is 11.3 Å². The van der Waals surface area contributed by atoms with E-state index in [9.17, 15) is 13.6 Å². The van der Waals surface area contributed by atoms with Crippen molar-refractivity contribution in [3.05, 3.63) is 29.6 Å². The standard InChI is InChI=1S/C16H21F2NO/c1-3-7-16(11-20)8-6-12(9-16)14-5-4-13(10-19-14)15(2,17)18/h4-5,10-12H,3,6-9H2,1-2H3. The molecule has 2 rings (SSSR count). The van der Waals surface area contributed by atoms with Gasteiger partial charge in [0.05, 0.1) is 0 Å². The molecular weight excluding hydrogens is 260 g/mol. The number of nitrogens with zero attached hydrogens (tertiary/aromatic N) is 1. The molecule has 0 saturated heterocycles. The lowest BCUT2D eigenvalue weighted by atomic mass is 9.82. The zero-order valence-corrected chi connectivity index (χ0v) is 12.0. The summed E-state index contributed by atoms with van der Waals surface area (Å²) in [5.74, 6) is -2.64. The Morgan fingerprint density at radius 3 is 2.75 bits per heavy atom. The first-order valence-corrected chi connectivity index (χ1v) is 7.21. The number of aromatic nitrogens is 1. The van der Waals surface area contributed by atoms with Gasteiger partial charge in [0, 0.05) is 35.7 Å². The minimum absolute atomic E-state index is 0.0607. The Morgan fingerprint density at radius 1 is 1.50 bits per heavy atom. The molecule has 0 aliphatic heterocycles. The molecular formula is C16H21F2NO. The lowest BCUT2D eigenvalue weighted by molar-refractivity contribution is -0.116. The third-order valence-corrected chi connectivity index (χ3v) is 4.35. The molecule has 1 heterocycles. The Balaban J connectivity index is 2.12. The van der Waals surface area contributed by atoms with Crippen molar-refractivity contribution in [2.75, 3.05) is 0 Å². The molecule has 0 N–H and O–H groups in total. The van der Waals surface area contributed by atoms with Crippen LogP contribution in [0.4, 0.5) is 8.78 Å². The van der Waals surface area contributed by atoms with Gasteiger partial charge in [-0.2, -0.15) is 0 Å². The third-order valence-electron chi connectivity index (χ3n) is 4.35. The van der Waals surface area contributed by atoms with E-state index < -0.39 is 5.92 Å². The van der Waals surface area contributed by atoms with Gasteiger partial charge in [-0.15, -0.1) is 0 Å². The van der Waals surface area contributed by atoms with Crippen LogP contribution < -0.4 is 0 Å². The predicted octanol–water partition coefficient (Wildman–Crippen LogP) is 4.45. The molecule has 0 aromatic carbocycles. The largest absolute Gasteiger partial charge is 0.303 e. The summed E-state index contributed by atoms with van der Waals surface area (Å²) in [6, 6.07) is 3.13. The predicted molar refractivity (Wildman–Crippen MR) is 73.8 cm³/mol. The molecule has 20 heavy (non-hydrogen) atoms. The highest BCUT2D eigenvalue weighted by Gasteiger charge is 2.39. The lowest BCUT2D eigenvalue weighted by Gasteiger charge is -2.21. The van der Waals surface area contributed by atoms with Crippen LogP contribution in [0.1, 0.15) is 63.1 Å². The number of hydrogen-bond acceptors (Lipinski definition) is 2. The average Bonchev–Trinajstić information content (AvgIpc) is 2.83. The molecule has 1 aromatic heterocycles. The van der Waals surface area contributed by atoms with Crippen LogP contribution in [0.15, 0.2) is 18.3 Å². The number of hydrogen-bond donors (Lipinski definition) is 0. The first-order chi connectivity index (χ1) is 9.40. The van der Waals surface area contributed by atoms with E-state index in [1.807, 2.05) is 0 Å². The maximum absolute atomic E-state index is 13.2. The second-order valence-electron chi connectivity index (χ2n) is 6.03. The Hall–Kier alpha value is -1.32. The SMILES string of the molecule is CCCC1(C=O)CCC(c2ccc(C(C)(F)F)cn2)C1. The number of alkyl halides is 2. The van der Waals surface area contributed by atoms with E-state index in [1.54, 1.807) is 6.07 Å². The number of pyridine rings is 1. The van der Waals surface area contributed by atoms with E-state index in [0.29, 0.717) is 0 Å². The van der Waals surface area contributed by atoms with Crippen molar-refractivity contribution in [1.82, 2.24) is 4.98 Å².